The molecule has 0 aliphatic carbocycles. The summed E-state index contributed by atoms with van der Waals surface area (Å²) in [7, 11) is 0. The molecule has 1 saturated heterocycles. The fourth-order valence-electron chi connectivity index (χ4n) is 4.25. The number of ether oxygens (including phenoxy) is 1. The van der Waals surface area contributed by atoms with E-state index >= 15 is 0 Å². The third-order valence-electron chi connectivity index (χ3n) is 6.23. The first kappa shape index (κ1) is 32.2. The summed E-state index contributed by atoms with van der Waals surface area (Å²) in [5, 5.41) is 14.2. The van der Waals surface area contributed by atoms with Crippen LogP contribution in [0.5, 0.6) is 0 Å². The van der Waals surface area contributed by atoms with Crippen LogP contribution in [0, 0.1) is 17.2 Å². The molecule has 3 unspecified atom stereocenters. The second-order valence-electron chi connectivity index (χ2n) is 10.7. The Bertz CT molecular complexity index is 1350. The lowest BCUT2D eigenvalue weighted by molar-refractivity contribution is -0.138. The first-order valence-corrected chi connectivity index (χ1v) is 12.7. The second kappa shape index (κ2) is 12.3. The van der Waals surface area contributed by atoms with Gasteiger partial charge in [0, 0.05) is 18.7 Å². The molecule has 14 heteroatoms. The summed E-state index contributed by atoms with van der Waals surface area (Å²) < 4.78 is 83.9. The number of hydrogen-bond acceptors (Lipinski definition) is 5. The molecule has 42 heavy (non-hydrogen) atoms. The van der Waals surface area contributed by atoms with Gasteiger partial charge in [-0.15, -0.1) is 0 Å². The number of anilines is 1. The van der Waals surface area contributed by atoms with Crippen molar-refractivity contribution in [2.75, 3.05) is 11.9 Å². The van der Waals surface area contributed by atoms with Gasteiger partial charge in [-0.05, 0) is 63.1 Å². The summed E-state index contributed by atoms with van der Waals surface area (Å²) in [6, 6.07) is 6.83. The van der Waals surface area contributed by atoms with Gasteiger partial charge in [0.25, 0.3) is 0 Å². The number of nitrogens with one attached hydrogen (secondary N) is 2. The van der Waals surface area contributed by atoms with Crippen molar-refractivity contribution >= 4 is 23.6 Å². The van der Waals surface area contributed by atoms with Gasteiger partial charge in [-0.25, -0.2) is 4.79 Å². The van der Waals surface area contributed by atoms with Gasteiger partial charge in [0.1, 0.15) is 17.7 Å². The molecule has 1 fully saturated rings. The Labute approximate surface area is 237 Å². The SMILES string of the molecule is CC(C)(C)OC(=O)N1CC(C#N)CC1C(=O)NC(Cc1ccc(C(F)(F)F)cc1)C(=O)Nc1cccc(C(F)(F)F)c1. The van der Waals surface area contributed by atoms with Gasteiger partial charge in [0.15, 0.2) is 0 Å². The number of amides is 3. The maximum absolute atomic E-state index is 13.4. The smallest absolute Gasteiger partial charge is 0.416 e. The number of halogens is 6. The van der Waals surface area contributed by atoms with Crippen molar-refractivity contribution in [3.05, 3.63) is 65.2 Å². The van der Waals surface area contributed by atoms with Crippen molar-refractivity contribution in [1.29, 1.82) is 5.26 Å². The lowest BCUT2D eigenvalue weighted by Gasteiger charge is -2.29. The van der Waals surface area contributed by atoms with Gasteiger partial charge in [0.05, 0.1) is 23.1 Å². The molecule has 3 rings (SSSR count). The first-order valence-electron chi connectivity index (χ1n) is 12.7. The van der Waals surface area contributed by atoms with E-state index in [9.17, 15) is 46.0 Å². The molecule has 0 aromatic heterocycles. The van der Waals surface area contributed by atoms with E-state index in [1.165, 1.54) is 6.07 Å². The number of nitrogens with zero attached hydrogens (tertiary/aromatic N) is 2. The number of hydrogen-bond donors (Lipinski definition) is 2. The van der Waals surface area contributed by atoms with Crippen LogP contribution in [0.15, 0.2) is 48.5 Å². The summed E-state index contributed by atoms with van der Waals surface area (Å²) in [6.45, 7) is 4.70. The second-order valence-corrected chi connectivity index (χ2v) is 10.7. The van der Waals surface area contributed by atoms with Gasteiger partial charge in [0.2, 0.25) is 11.8 Å². The Morgan fingerprint density at radius 2 is 1.62 bits per heavy atom. The molecule has 2 aromatic carbocycles. The molecule has 2 aromatic rings. The van der Waals surface area contributed by atoms with Crippen molar-refractivity contribution in [2.24, 2.45) is 5.92 Å². The van der Waals surface area contributed by atoms with Crippen LogP contribution in [0.25, 0.3) is 0 Å². The number of nitriles is 1. The van der Waals surface area contributed by atoms with Gasteiger partial charge in [-0.2, -0.15) is 31.6 Å². The maximum atomic E-state index is 13.4. The van der Waals surface area contributed by atoms with Crippen LogP contribution in [-0.2, 0) is 33.1 Å². The molecule has 3 amide bonds. The molecular formula is C28H28F6N4O4. The van der Waals surface area contributed by atoms with Crippen LogP contribution in [0.1, 0.15) is 43.9 Å². The average molecular weight is 599 g/mol. The fraction of sp³-hybridized carbons (Fsp3) is 0.429. The van der Waals surface area contributed by atoms with Crippen molar-refractivity contribution in [3.63, 3.8) is 0 Å². The number of carbonyl (C=O) groups excluding carboxylic acids is 3. The topological polar surface area (TPSA) is 112 Å². The lowest BCUT2D eigenvalue weighted by Crippen LogP contribution is -2.53. The molecule has 0 bridgehead atoms. The quantitative estimate of drug-likeness (QED) is 0.425. The Morgan fingerprint density at radius 3 is 2.17 bits per heavy atom. The maximum Gasteiger partial charge on any atom is 0.416 e. The number of likely N-dealkylation sites (tertiary alicyclic amines) is 1. The van der Waals surface area contributed by atoms with Crippen LogP contribution in [0.2, 0.25) is 0 Å². The zero-order chi connectivity index (χ0) is 31.5. The van der Waals surface area contributed by atoms with Crippen molar-refractivity contribution < 1.29 is 45.5 Å². The van der Waals surface area contributed by atoms with E-state index in [2.05, 4.69) is 10.6 Å². The van der Waals surface area contributed by atoms with E-state index < -0.39 is 65.0 Å². The normalized spacial score (nSPS) is 18.1. The monoisotopic (exact) mass is 598 g/mol. The van der Waals surface area contributed by atoms with Crippen LogP contribution < -0.4 is 10.6 Å². The molecule has 3 atom stereocenters. The van der Waals surface area contributed by atoms with Crippen LogP contribution in [-0.4, -0.2) is 47.0 Å². The van der Waals surface area contributed by atoms with Crippen molar-refractivity contribution in [1.82, 2.24) is 10.2 Å². The Balaban J connectivity index is 1.88. The summed E-state index contributed by atoms with van der Waals surface area (Å²) in [5.41, 5.74) is -2.93. The standard InChI is InChI=1S/C28H28F6N4O4/c1-26(2,3)42-25(41)38-15-17(14-35)12-22(38)24(40)37-21(11-16-7-9-18(10-8-16)27(29,30)31)23(39)36-20-6-4-5-19(13-20)28(32,33)34/h4-10,13,17,21-22H,11-12,15H2,1-3H3,(H,36,39)(H,37,40). The molecule has 1 aliphatic rings. The molecule has 226 valence electrons. The highest BCUT2D eigenvalue weighted by Crippen LogP contribution is 2.31. The Hall–Kier alpha value is -4.28. The van der Waals surface area contributed by atoms with E-state index in [4.69, 9.17) is 4.74 Å². The molecule has 1 heterocycles. The number of benzene rings is 2. The largest absolute Gasteiger partial charge is 0.444 e. The van der Waals surface area contributed by atoms with Crippen LogP contribution in [0.4, 0.5) is 36.8 Å². The molecule has 0 spiro atoms. The van der Waals surface area contributed by atoms with Gasteiger partial charge in [-0.1, -0.05) is 18.2 Å². The molecule has 8 nitrogen and oxygen atoms in total. The third kappa shape index (κ3) is 8.61. The van der Waals surface area contributed by atoms with Crippen LogP contribution in [0.3, 0.4) is 0 Å². The highest BCUT2D eigenvalue weighted by molar-refractivity contribution is 5.98. The summed E-state index contributed by atoms with van der Waals surface area (Å²) >= 11 is 0. The zero-order valence-electron chi connectivity index (χ0n) is 22.8. The predicted molar refractivity (Wildman–Crippen MR) is 138 cm³/mol. The van der Waals surface area contributed by atoms with Gasteiger partial charge >= 0.3 is 18.4 Å². The summed E-state index contributed by atoms with van der Waals surface area (Å²) in [5.74, 6) is -2.53. The summed E-state index contributed by atoms with van der Waals surface area (Å²) in [4.78, 5) is 40.4. The zero-order valence-corrected chi connectivity index (χ0v) is 22.8. The minimum Gasteiger partial charge on any atom is -0.444 e. The number of rotatable bonds is 6. The predicted octanol–water partition coefficient (Wildman–Crippen LogP) is 5.54. The van der Waals surface area contributed by atoms with E-state index in [0.717, 1.165) is 41.3 Å². The van der Waals surface area contributed by atoms with Crippen LogP contribution >= 0.6 is 0 Å². The van der Waals surface area contributed by atoms with Crippen molar-refractivity contribution in [2.45, 2.75) is 63.7 Å². The highest BCUT2D eigenvalue weighted by atomic mass is 19.4. The van der Waals surface area contributed by atoms with E-state index in [1.807, 2.05) is 6.07 Å². The van der Waals surface area contributed by atoms with Crippen molar-refractivity contribution in [3.8, 4) is 6.07 Å². The molecule has 0 saturated carbocycles. The Morgan fingerprint density at radius 1 is 1.00 bits per heavy atom. The minimum absolute atomic E-state index is 0.0795. The van der Waals surface area contributed by atoms with E-state index in [-0.39, 0.29) is 30.6 Å². The van der Waals surface area contributed by atoms with Gasteiger partial charge < -0.3 is 15.4 Å². The number of carbonyl (C=O) groups is 3. The molecule has 0 radical (unpaired) electrons. The fourth-order valence-corrected chi connectivity index (χ4v) is 4.25. The van der Waals surface area contributed by atoms with Gasteiger partial charge in [-0.3, -0.25) is 14.5 Å². The lowest BCUT2D eigenvalue weighted by atomic mass is 10.0. The first-order chi connectivity index (χ1) is 19.4. The number of alkyl halides is 6. The third-order valence-corrected chi connectivity index (χ3v) is 6.23. The molecular weight excluding hydrogens is 570 g/mol. The van der Waals surface area contributed by atoms with E-state index in [0.29, 0.717) is 6.07 Å². The Kier molecular flexibility index (Phi) is 9.44. The summed E-state index contributed by atoms with van der Waals surface area (Å²) in [6.07, 6.45) is -10.6. The molecule has 2 N–H and O–H groups in total. The molecule has 1 aliphatic heterocycles. The minimum atomic E-state index is -4.69. The highest BCUT2D eigenvalue weighted by Gasteiger charge is 2.42. The average Bonchev–Trinajstić information content (AvgIpc) is 3.32. The van der Waals surface area contributed by atoms with E-state index in [1.54, 1.807) is 20.8 Å².